The Morgan fingerprint density at radius 2 is 2.06 bits per heavy atom. The van der Waals surface area contributed by atoms with Crippen molar-refractivity contribution >= 4 is 0 Å². The number of hydrogen-bond acceptors (Lipinski definition) is 1. The molecule has 0 saturated heterocycles. The Kier molecular flexibility index (Phi) is 5.30. The first-order chi connectivity index (χ1) is 8.88. The van der Waals surface area contributed by atoms with Crippen molar-refractivity contribution in [3.05, 3.63) is 35.9 Å². The van der Waals surface area contributed by atoms with E-state index in [1.165, 1.54) is 32.1 Å². The summed E-state index contributed by atoms with van der Waals surface area (Å²) in [6.07, 6.45) is 6.79. The Bertz CT molecular complexity index is 399. The maximum Gasteiger partial charge on any atom is 0.0582 e. The molecule has 96 valence electrons. The van der Waals surface area contributed by atoms with E-state index in [2.05, 4.69) is 36.2 Å². The molecule has 0 amide bonds. The maximum atomic E-state index is 3.58. The molecule has 0 heterocycles. The lowest BCUT2D eigenvalue weighted by Gasteiger charge is -2.28. The molecule has 1 N–H and O–H groups in total. The fourth-order valence-electron chi connectivity index (χ4n) is 2.71. The average Bonchev–Trinajstić information content (AvgIpc) is 2.45. The van der Waals surface area contributed by atoms with Crippen LogP contribution >= 0.6 is 0 Å². The van der Waals surface area contributed by atoms with Crippen LogP contribution in [0.3, 0.4) is 0 Å². The summed E-state index contributed by atoms with van der Waals surface area (Å²) in [7, 11) is 0. The lowest BCUT2D eigenvalue weighted by atomic mass is 9.84. The summed E-state index contributed by atoms with van der Waals surface area (Å²) in [5.74, 6) is 7.35. The van der Waals surface area contributed by atoms with E-state index in [0.29, 0.717) is 6.04 Å². The molecule has 1 aliphatic carbocycles. The van der Waals surface area contributed by atoms with Crippen molar-refractivity contribution in [1.82, 2.24) is 5.32 Å². The molecule has 0 aromatic heterocycles. The first kappa shape index (κ1) is 13.2. The van der Waals surface area contributed by atoms with Gasteiger partial charge in [0, 0.05) is 11.6 Å². The van der Waals surface area contributed by atoms with Crippen LogP contribution in [0.15, 0.2) is 30.3 Å². The van der Waals surface area contributed by atoms with Crippen LogP contribution in [0.5, 0.6) is 0 Å². The van der Waals surface area contributed by atoms with Crippen LogP contribution in [0.1, 0.15) is 44.6 Å². The second-order valence-electron chi connectivity index (χ2n) is 5.19. The molecular weight excluding hydrogens is 218 g/mol. The number of rotatable bonds is 3. The lowest BCUT2D eigenvalue weighted by molar-refractivity contribution is 0.285. The Balaban J connectivity index is 1.74. The van der Waals surface area contributed by atoms with E-state index < -0.39 is 0 Å². The van der Waals surface area contributed by atoms with Crippen molar-refractivity contribution in [1.29, 1.82) is 0 Å². The zero-order valence-corrected chi connectivity index (χ0v) is 11.3. The first-order valence-corrected chi connectivity index (χ1v) is 7.15. The van der Waals surface area contributed by atoms with Gasteiger partial charge in [-0.05, 0) is 30.9 Å². The minimum atomic E-state index is 0.689. The molecule has 2 unspecified atom stereocenters. The van der Waals surface area contributed by atoms with Gasteiger partial charge in [-0.15, -0.1) is 0 Å². The third-order valence-electron chi connectivity index (χ3n) is 3.85. The van der Waals surface area contributed by atoms with Crippen LogP contribution in [-0.4, -0.2) is 12.6 Å². The molecule has 2 atom stereocenters. The van der Waals surface area contributed by atoms with E-state index in [4.69, 9.17) is 0 Å². The van der Waals surface area contributed by atoms with Crippen LogP contribution in [-0.2, 0) is 0 Å². The van der Waals surface area contributed by atoms with E-state index in [9.17, 15) is 0 Å². The molecule has 18 heavy (non-hydrogen) atoms. The lowest BCUT2D eigenvalue weighted by Crippen LogP contribution is -2.34. The van der Waals surface area contributed by atoms with E-state index in [1.807, 2.05) is 18.2 Å². The van der Waals surface area contributed by atoms with Crippen LogP contribution in [0.25, 0.3) is 0 Å². The summed E-state index contributed by atoms with van der Waals surface area (Å²) >= 11 is 0. The van der Waals surface area contributed by atoms with E-state index in [-0.39, 0.29) is 0 Å². The van der Waals surface area contributed by atoms with E-state index >= 15 is 0 Å². The van der Waals surface area contributed by atoms with Gasteiger partial charge in [-0.1, -0.05) is 56.2 Å². The number of benzene rings is 1. The number of nitrogens with one attached hydrogen (secondary N) is 1. The molecule has 1 saturated carbocycles. The predicted octanol–water partition coefficient (Wildman–Crippen LogP) is 3.60. The maximum absolute atomic E-state index is 3.58. The SMILES string of the molecule is CCC1CCCC(NCC#Cc2ccccc2)C1. The van der Waals surface area contributed by atoms with Gasteiger partial charge in [0.1, 0.15) is 0 Å². The highest BCUT2D eigenvalue weighted by atomic mass is 14.9. The van der Waals surface area contributed by atoms with Crippen molar-refractivity contribution in [2.45, 2.75) is 45.1 Å². The van der Waals surface area contributed by atoms with Crippen LogP contribution in [0, 0.1) is 17.8 Å². The second kappa shape index (κ2) is 7.24. The largest absolute Gasteiger partial charge is 0.303 e. The fraction of sp³-hybridized carbons (Fsp3) is 0.529. The topological polar surface area (TPSA) is 12.0 Å². The zero-order chi connectivity index (χ0) is 12.6. The molecule has 1 fully saturated rings. The van der Waals surface area contributed by atoms with Crippen LogP contribution in [0.4, 0.5) is 0 Å². The van der Waals surface area contributed by atoms with Crippen molar-refractivity contribution in [3.63, 3.8) is 0 Å². The van der Waals surface area contributed by atoms with Crippen molar-refractivity contribution in [3.8, 4) is 11.8 Å². The van der Waals surface area contributed by atoms with Gasteiger partial charge in [-0.2, -0.15) is 0 Å². The summed E-state index contributed by atoms with van der Waals surface area (Å²) in [6, 6.07) is 10.9. The molecule has 0 bridgehead atoms. The van der Waals surface area contributed by atoms with Gasteiger partial charge in [-0.25, -0.2) is 0 Å². The standard InChI is InChI=1S/C17H23N/c1-2-15-10-6-12-17(14-15)18-13-7-11-16-8-4-3-5-9-16/h3-5,8-9,15,17-18H,2,6,10,12-14H2,1H3. The summed E-state index contributed by atoms with van der Waals surface area (Å²) < 4.78 is 0. The van der Waals surface area contributed by atoms with Crippen molar-refractivity contribution < 1.29 is 0 Å². The van der Waals surface area contributed by atoms with Gasteiger partial charge < -0.3 is 5.32 Å². The first-order valence-electron chi connectivity index (χ1n) is 7.15. The van der Waals surface area contributed by atoms with Gasteiger partial charge in [-0.3, -0.25) is 0 Å². The summed E-state index contributed by atoms with van der Waals surface area (Å²) in [6.45, 7) is 3.12. The third kappa shape index (κ3) is 4.20. The number of hydrogen-bond donors (Lipinski definition) is 1. The van der Waals surface area contributed by atoms with Crippen LogP contribution in [0.2, 0.25) is 0 Å². The third-order valence-corrected chi connectivity index (χ3v) is 3.85. The molecule has 1 aromatic carbocycles. The normalized spacial score (nSPS) is 23.2. The molecule has 1 aromatic rings. The summed E-state index contributed by atoms with van der Waals surface area (Å²) in [4.78, 5) is 0. The highest BCUT2D eigenvalue weighted by molar-refractivity contribution is 5.33. The Hall–Kier alpha value is -1.26. The average molecular weight is 241 g/mol. The zero-order valence-electron chi connectivity index (χ0n) is 11.3. The van der Waals surface area contributed by atoms with Gasteiger partial charge in [0.25, 0.3) is 0 Å². The minimum Gasteiger partial charge on any atom is -0.303 e. The monoisotopic (exact) mass is 241 g/mol. The summed E-state index contributed by atoms with van der Waals surface area (Å²) in [5.41, 5.74) is 1.11. The Morgan fingerprint density at radius 3 is 2.83 bits per heavy atom. The van der Waals surface area contributed by atoms with Gasteiger partial charge in [0.05, 0.1) is 6.54 Å². The molecular formula is C17H23N. The van der Waals surface area contributed by atoms with Crippen molar-refractivity contribution in [2.75, 3.05) is 6.54 Å². The second-order valence-corrected chi connectivity index (χ2v) is 5.19. The summed E-state index contributed by atoms with van der Waals surface area (Å²) in [5, 5.41) is 3.58. The minimum absolute atomic E-state index is 0.689. The Morgan fingerprint density at radius 1 is 1.22 bits per heavy atom. The van der Waals surface area contributed by atoms with Crippen LogP contribution < -0.4 is 5.32 Å². The quantitative estimate of drug-likeness (QED) is 0.797. The molecule has 1 aliphatic rings. The highest BCUT2D eigenvalue weighted by Gasteiger charge is 2.19. The van der Waals surface area contributed by atoms with Gasteiger partial charge in [0.15, 0.2) is 0 Å². The highest BCUT2D eigenvalue weighted by Crippen LogP contribution is 2.26. The molecule has 1 nitrogen and oxygen atoms in total. The van der Waals surface area contributed by atoms with E-state index in [1.54, 1.807) is 0 Å². The van der Waals surface area contributed by atoms with E-state index in [0.717, 1.165) is 18.0 Å². The van der Waals surface area contributed by atoms with Gasteiger partial charge >= 0.3 is 0 Å². The predicted molar refractivity (Wildman–Crippen MR) is 77.4 cm³/mol. The Labute approximate surface area is 111 Å². The van der Waals surface area contributed by atoms with Gasteiger partial charge in [0.2, 0.25) is 0 Å². The molecule has 2 rings (SSSR count). The molecule has 0 radical (unpaired) electrons. The van der Waals surface area contributed by atoms with Crippen molar-refractivity contribution in [2.24, 2.45) is 5.92 Å². The smallest absolute Gasteiger partial charge is 0.0582 e. The molecule has 0 aliphatic heterocycles. The fourth-order valence-corrected chi connectivity index (χ4v) is 2.71. The molecule has 0 spiro atoms. The molecule has 1 heteroatoms.